The van der Waals surface area contributed by atoms with Gasteiger partial charge in [0, 0.05) is 44.1 Å². The van der Waals surface area contributed by atoms with Crippen LogP contribution >= 0.6 is 0 Å². The van der Waals surface area contributed by atoms with Crippen LogP contribution in [0.3, 0.4) is 0 Å². The zero-order chi connectivity index (χ0) is 14.4. The first kappa shape index (κ1) is 15.1. The van der Waals surface area contributed by atoms with Crippen LogP contribution < -0.4 is 10.2 Å². The summed E-state index contributed by atoms with van der Waals surface area (Å²) in [5.74, 6) is 0. The zero-order valence-electron chi connectivity index (χ0n) is 12.9. The second kappa shape index (κ2) is 7.50. The normalized spacial score (nSPS) is 19.9. The molecule has 4 heteroatoms. The minimum Gasteiger partial charge on any atom is -0.382 e. The first-order chi connectivity index (χ1) is 9.72. The van der Waals surface area contributed by atoms with E-state index in [1.54, 1.807) is 0 Å². The highest BCUT2D eigenvalue weighted by atomic mass is 16.5. The molecule has 20 heavy (non-hydrogen) atoms. The van der Waals surface area contributed by atoms with Crippen molar-refractivity contribution in [3.8, 4) is 0 Å². The molecule has 1 aliphatic rings. The number of nitrogens with zero attached hydrogens (tertiary/aromatic N) is 2. The Bertz CT molecular complexity index is 389. The van der Waals surface area contributed by atoms with Crippen molar-refractivity contribution in [3.63, 3.8) is 0 Å². The Morgan fingerprint density at radius 2 is 1.95 bits per heavy atom. The summed E-state index contributed by atoms with van der Waals surface area (Å²) in [6, 6.07) is 8.67. The summed E-state index contributed by atoms with van der Waals surface area (Å²) < 4.78 is 5.75. The second-order valence-electron chi connectivity index (χ2n) is 5.36. The summed E-state index contributed by atoms with van der Waals surface area (Å²) in [4.78, 5) is 4.67. The largest absolute Gasteiger partial charge is 0.382 e. The van der Waals surface area contributed by atoms with Crippen LogP contribution in [0.25, 0.3) is 0 Å². The average Bonchev–Trinajstić information content (AvgIpc) is 2.48. The van der Waals surface area contributed by atoms with Crippen molar-refractivity contribution in [1.29, 1.82) is 0 Å². The lowest BCUT2D eigenvalue weighted by Gasteiger charge is -2.30. The lowest BCUT2D eigenvalue weighted by atomic mass is 10.2. The molecule has 0 saturated carbocycles. The van der Waals surface area contributed by atoms with Gasteiger partial charge in [-0.3, -0.25) is 0 Å². The first-order valence-electron chi connectivity index (χ1n) is 7.62. The third kappa shape index (κ3) is 4.12. The molecule has 1 atom stereocenters. The smallest absolute Gasteiger partial charge is 0.0874 e. The lowest BCUT2D eigenvalue weighted by Crippen LogP contribution is -2.43. The van der Waals surface area contributed by atoms with Gasteiger partial charge in [0.1, 0.15) is 0 Å². The van der Waals surface area contributed by atoms with Gasteiger partial charge < -0.3 is 19.9 Å². The van der Waals surface area contributed by atoms with Crippen molar-refractivity contribution >= 4 is 11.4 Å². The van der Waals surface area contributed by atoms with Crippen LogP contribution in [0.15, 0.2) is 24.3 Å². The van der Waals surface area contributed by atoms with E-state index in [2.05, 4.69) is 60.3 Å². The highest BCUT2D eigenvalue weighted by Gasteiger charge is 2.17. The predicted octanol–water partition coefficient (Wildman–Crippen LogP) is 2.28. The monoisotopic (exact) mass is 277 g/mol. The van der Waals surface area contributed by atoms with Crippen molar-refractivity contribution in [2.45, 2.75) is 20.0 Å². The van der Waals surface area contributed by atoms with Crippen LogP contribution in [0.4, 0.5) is 11.4 Å². The Morgan fingerprint density at radius 1 is 1.25 bits per heavy atom. The minimum atomic E-state index is 0.288. The molecule has 1 aromatic carbocycles. The van der Waals surface area contributed by atoms with Crippen molar-refractivity contribution in [2.75, 3.05) is 56.6 Å². The minimum absolute atomic E-state index is 0.288. The van der Waals surface area contributed by atoms with E-state index < -0.39 is 0 Å². The van der Waals surface area contributed by atoms with Gasteiger partial charge in [0.25, 0.3) is 0 Å². The van der Waals surface area contributed by atoms with Gasteiger partial charge in [0.05, 0.1) is 12.7 Å². The molecule has 4 nitrogen and oxygen atoms in total. The Balaban J connectivity index is 1.84. The molecule has 1 unspecified atom stereocenters. The fourth-order valence-electron chi connectivity index (χ4n) is 2.60. The van der Waals surface area contributed by atoms with E-state index in [9.17, 15) is 0 Å². The summed E-state index contributed by atoms with van der Waals surface area (Å²) in [7, 11) is 2.15. The number of ether oxygens (including phenoxy) is 1. The van der Waals surface area contributed by atoms with Gasteiger partial charge in [-0.05, 0) is 45.2 Å². The molecule has 0 aromatic heterocycles. The van der Waals surface area contributed by atoms with Gasteiger partial charge in [-0.1, -0.05) is 0 Å². The topological polar surface area (TPSA) is 27.7 Å². The quantitative estimate of drug-likeness (QED) is 0.863. The molecule has 1 aliphatic heterocycles. The van der Waals surface area contributed by atoms with E-state index in [4.69, 9.17) is 4.74 Å². The molecule has 112 valence electrons. The molecule has 1 N–H and O–H groups in total. The molecule has 1 heterocycles. The number of nitrogens with one attached hydrogen (secondary N) is 1. The molecule has 0 bridgehead atoms. The number of hydrogen-bond donors (Lipinski definition) is 1. The van der Waals surface area contributed by atoms with Crippen LogP contribution in [0.2, 0.25) is 0 Å². The zero-order valence-corrected chi connectivity index (χ0v) is 12.9. The summed E-state index contributed by atoms with van der Waals surface area (Å²) in [6.07, 6.45) is 0.288. The Hall–Kier alpha value is -1.26. The predicted molar refractivity (Wildman–Crippen MR) is 85.7 cm³/mol. The van der Waals surface area contributed by atoms with E-state index in [1.165, 1.54) is 5.69 Å². The molecule has 1 aromatic rings. The number of hydrogen-bond acceptors (Lipinski definition) is 4. The van der Waals surface area contributed by atoms with Crippen LogP contribution in [-0.4, -0.2) is 57.4 Å². The molecular formula is C16H27N3O. The van der Waals surface area contributed by atoms with E-state index in [-0.39, 0.29) is 6.10 Å². The van der Waals surface area contributed by atoms with Crippen LogP contribution in [0, 0.1) is 0 Å². The fraction of sp³-hybridized carbons (Fsp3) is 0.625. The molecule has 0 spiro atoms. The summed E-state index contributed by atoms with van der Waals surface area (Å²) in [5.41, 5.74) is 2.45. The number of morpholine rings is 1. The Kier molecular flexibility index (Phi) is 5.68. The molecular weight excluding hydrogens is 250 g/mol. The van der Waals surface area contributed by atoms with Crippen LogP contribution in [0.1, 0.15) is 13.8 Å². The second-order valence-corrected chi connectivity index (χ2v) is 5.36. The van der Waals surface area contributed by atoms with Gasteiger partial charge in [-0.15, -0.1) is 0 Å². The average molecular weight is 277 g/mol. The number of likely N-dealkylation sites (N-methyl/N-ethyl adjacent to an activating group) is 1. The van der Waals surface area contributed by atoms with Gasteiger partial charge in [-0.25, -0.2) is 0 Å². The first-order valence-corrected chi connectivity index (χ1v) is 7.62. The number of benzene rings is 1. The maximum absolute atomic E-state index is 5.75. The summed E-state index contributed by atoms with van der Waals surface area (Å²) >= 11 is 0. The van der Waals surface area contributed by atoms with E-state index in [0.29, 0.717) is 0 Å². The molecule has 2 rings (SSSR count). The Morgan fingerprint density at radius 3 is 2.55 bits per heavy atom. The maximum Gasteiger partial charge on any atom is 0.0874 e. The lowest BCUT2D eigenvalue weighted by molar-refractivity contribution is -0.0117. The SMILES string of the molecule is CCN(CC)c1ccc(NCC2CN(C)CCO2)cc1. The van der Waals surface area contributed by atoms with Crippen molar-refractivity contribution in [3.05, 3.63) is 24.3 Å². The molecule has 0 aliphatic carbocycles. The Labute approximate surface area is 122 Å². The van der Waals surface area contributed by atoms with Gasteiger partial charge in [0.2, 0.25) is 0 Å². The molecule has 0 radical (unpaired) electrons. The maximum atomic E-state index is 5.75. The standard InChI is InChI=1S/C16H27N3O/c1-4-19(5-2)15-8-6-14(7-9-15)17-12-16-13-18(3)10-11-20-16/h6-9,16-17H,4-5,10-13H2,1-3H3. The third-order valence-electron chi connectivity index (χ3n) is 3.87. The summed E-state index contributed by atoms with van der Waals surface area (Å²) in [5, 5.41) is 3.47. The molecule has 1 saturated heterocycles. The highest BCUT2D eigenvalue weighted by Crippen LogP contribution is 2.18. The van der Waals surface area contributed by atoms with Crippen molar-refractivity contribution in [1.82, 2.24) is 4.90 Å². The van der Waals surface area contributed by atoms with Crippen LogP contribution in [-0.2, 0) is 4.74 Å². The van der Waals surface area contributed by atoms with E-state index in [0.717, 1.165) is 45.0 Å². The van der Waals surface area contributed by atoms with Gasteiger partial charge >= 0.3 is 0 Å². The van der Waals surface area contributed by atoms with Crippen molar-refractivity contribution in [2.24, 2.45) is 0 Å². The van der Waals surface area contributed by atoms with Gasteiger partial charge in [0.15, 0.2) is 0 Å². The van der Waals surface area contributed by atoms with E-state index in [1.807, 2.05) is 0 Å². The number of anilines is 2. The highest BCUT2D eigenvalue weighted by molar-refractivity contribution is 5.55. The van der Waals surface area contributed by atoms with E-state index >= 15 is 0 Å². The third-order valence-corrected chi connectivity index (χ3v) is 3.87. The molecule has 0 amide bonds. The summed E-state index contributed by atoms with van der Waals surface area (Å²) in [6.45, 7) is 10.2. The van der Waals surface area contributed by atoms with Gasteiger partial charge in [-0.2, -0.15) is 0 Å². The number of rotatable bonds is 6. The van der Waals surface area contributed by atoms with Crippen molar-refractivity contribution < 1.29 is 4.74 Å². The fourth-order valence-corrected chi connectivity index (χ4v) is 2.60. The molecule has 1 fully saturated rings. The van der Waals surface area contributed by atoms with Crippen LogP contribution in [0.5, 0.6) is 0 Å².